The molecule has 0 atom stereocenters. The van der Waals surface area contributed by atoms with Crippen molar-refractivity contribution in [1.82, 2.24) is 25.1 Å². The van der Waals surface area contributed by atoms with Gasteiger partial charge in [-0.1, -0.05) is 6.07 Å². The topological polar surface area (TPSA) is 82.6 Å². The van der Waals surface area contributed by atoms with Crippen LogP contribution in [0.5, 0.6) is 5.88 Å². The lowest BCUT2D eigenvalue weighted by Gasteiger charge is -2.33. The number of aromatic nitrogens is 2. The van der Waals surface area contributed by atoms with Crippen LogP contribution in [0.15, 0.2) is 42.7 Å². The highest BCUT2D eigenvalue weighted by Gasteiger charge is 2.23. The molecule has 9 heteroatoms. The van der Waals surface area contributed by atoms with Crippen LogP contribution >= 0.6 is 12.2 Å². The van der Waals surface area contributed by atoms with E-state index in [-0.39, 0.29) is 17.5 Å². The summed E-state index contributed by atoms with van der Waals surface area (Å²) in [6.45, 7) is 9.64. The van der Waals surface area contributed by atoms with Crippen LogP contribution in [0.2, 0.25) is 0 Å². The van der Waals surface area contributed by atoms with Crippen molar-refractivity contribution < 1.29 is 9.53 Å². The van der Waals surface area contributed by atoms with E-state index in [1.165, 1.54) is 0 Å². The molecule has 160 valence electrons. The summed E-state index contributed by atoms with van der Waals surface area (Å²) < 4.78 is 5.42. The second-order valence-corrected chi connectivity index (χ2v) is 8.57. The molecule has 30 heavy (non-hydrogen) atoms. The highest BCUT2D eigenvalue weighted by Crippen LogP contribution is 2.14. The van der Waals surface area contributed by atoms with Crippen molar-refractivity contribution in [2.45, 2.75) is 32.9 Å². The third-order valence-corrected chi connectivity index (χ3v) is 4.62. The zero-order valence-corrected chi connectivity index (χ0v) is 18.4. The number of ether oxygens (including phenoxy) is 1. The third kappa shape index (κ3) is 6.93. The van der Waals surface area contributed by atoms with Gasteiger partial charge >= 0.3 is 6.09 Å². The Bertz CT molecular complexity index is 846. The molecule has 1 aliphatic heterocycles. The zero-order chi connectivity index (χ0) is 21.6. The Kier molecular flexibility index (Phi) is 7.17. The van der Waals surface area contributed by atoms with Gasteiger partial charge in [0.15, 0.2) is 5.11 Å². The van der Waals surface area contributed by atoms with Gasteiger partial charge in [-0.05, 0) is 51.2 Å². The van der Waals surface area contributed by atoms with Crippen molar-refractivity contribution in [2.24, 2.45) is 0 Å². The Labute approximate surface area is 182 Å². The molecule has 0 radical (unpaired) electrons. The highest BCUT2D eigenvalue weighted by atomic mass is 32.1. The van der Waals surface area contributed by atoms with E-state index in [2.05, 4.69) is 25.5 Å². The van der Waals surface area contributed by atoms with Gasteiger partial charge in [-0.3, -0.25) is 9.88 Å². The van der Waals surface area contributed by atoms with Gasteiger partial charge in [0.2, 0.25) is 5.88 Å². The molecule has 3 heterocycles. The molecule has 0 aliphatic carbocycles. The summed E-state index contributed by atoms with van der Waals surface area (Å²) in [5.41, 5.74) is 1.62. The molecule has 1 amide bonds. The van der Waals surface area contributed by atoms with Gasteiger partial charge < -0.3 is 20.3 Å². The van der Waals surface area contributed by atoms with Crippen LogP contribution in [0.25, 0.3) is 0 Å². The maximum atomic E-state index is 12.4. The smallest absolute Gasteiger partial charge is 0.391 e. The molecule has 2 N–H and O–H groups in total. The minimum Gasteiger partial charge on any atom is -0.391 e. The lowest BCUT2D eigenvalue weighted by Crippen LogP contribution is -2.49. The minimum absolute atomic E-state index is 0.130. The molecule has 2 aromatic heterocycles. The number of piperazine rings is 1. The van der Waals surface area contributed by atoms with Crippen LogP contribution in [-0.4, -0.2) is 62.7 Å². The van der Waals surface area contributed by atoms with Crippen molar-refractivity contribution in [3.63, 3.8) is 0 Å². The van der Waals surface area contributed by atoms with E-state index in [1.807, 2.05) is 39.0 Å². The number of nitrogens with zero attached hydrogens (tertiary/aromatic N) is 4. The van der Waals surface area contributed by atoms with Crippen molar-refractivity contribution in [3.05, 3.63) is 48.4 Å². The van der Waals surface area contributed by atoms with Gasteiger partial charge in [0.05, 0.1) is 17.6 Å². The van der Waals surface area contributed by atoms with E-state index in [4.69, 9.17) is 17.0 Å². The van der Waals surface area contributed by atoms with Crippen molar-refractivity contribution in [1.29, 1.82) is 0 Å². The first-order chi connectivity index (χ1) is 14.3. The third-order valence-electron chi connectivity index (χ3n) is 4.42. The molecule has 2 aromatic rings. The quantitative estimate of drug-likeness (QED) is 0.720. The summed E-state index contributed by atoms with van der Waals surface area (Å²) in [4.78, 5) is 25.0. The first kappa shape index (κ1) is 21.9. The van der Waals surface area contributed by atoms with Gasteiger partial charge in [-0.2, -0.15) is 0 Å². The van der Waals surface area contributed by atoms with Gasteiger partial charge in [-0.15, -0.1) is 0 Å². The Morgan fingerprint density at radius 2 is 1.90 bits per heavy atom. The Morgan fingerprint density at radius 3 is 2.50 bits per heavy atom. The van der Waals surface area contributed by atoms with E-state index >= 15 is 0 Å². The lowest BCUT2D eigenvalue weighted by molar-refractivity contribution is 0.106. The Morgan fingerprint density at radius 1 is 1.13 bits per heavy atom. The van der Waals surface area contributed by atoms with Crippen LogP contribution in [0, 0.1) is 0 Å². The largest absolute Gasteiger partial charge is 0.416 e. The Hall–Kier alpha value is -2.78. The number of thiocarbonyl (C=S) groups is 1. The molecule has 8 nitrogen and oxygen atoms in total. The maximum Gasteiger partial charge on any atom is 0.416 e. The minimum atomic E-state index is -0.384. The van der Waals surface area contributed by atoms with Gasteiger partial charge in [0.1, 0.15) is 0 Å². The molecular formula is C21H28N6O2S. The summed E-state index contributed by atoms with van der Waals surface area (Å²) in [6, 6.07) is 9.33. The number of hydrogen-bond acceptors (Lipinski definition) is 6. The molecule has 0 saturated carbocycles. The number of anilines is 1. The molecule has 0 unspecified atom stereocenters. The fraction of sp³-hybridized carbons (Fsp3) is 0.429. The molecule has 0 spiro atoms. The monoisotopic (exact) mass is 428 g/mol. The predicted octanol–water partition coefficient (Wildman–Crippen LogP) is 2.88. The van der Waals surface area contributed by atoms with E-state index < -0.39 is 0 Å². The van der Waals surface area contributed by atoms with Crippen LogP contribution in [-0.2, 0) is 6.54 Å². The van der Waals surface area contributed by atoms with Gasteiger partial charge in [-0.25, -0.2) is 9.78 Å². The second kappa shape index (κ2) is 9.82. The standard InChI is InChI=1S/C21H28N6O2S/c1-21(2,3)25-19(30)24-16-7-8-18(23-14-16)29-20(28)27-12-10-26(11-13-27)15-17-6-4-5-9-22-17/h4-9,14H,10-13,15H2,1-3H3,(H2,24,25,30). The van der Waals surface area contributed by atoms with Crippen molar-refractivity contribution in [3.8, 4) is 5.88 Å². The first-order valence-electron chi connectivity index (χ1n) is 9.93. The molecule has 0 aromatic carbocycles. The number of rotatable bonds is 4. The SMILES string of the molecule is CC(C)(C)NC(=S)Nc1ccc(OC(=O)N2CCN(Cc3ccccn3)CC2)nc1. The number of carbonyl (C=O) groups is 1. The van der Waals surface area contributed by atoms with E-state index in [9.17, 15) is 4.79 Å². The number of nitrogens with one attached hydrogen (secondary N) is 2. The molecule has 3 rings (SSSR count). The zero-order valence-electron chi connectivity index (χ0n) is 17.6. The maximum absolute atomic E-state index is 12.4. The fourth-order valence-corrected chi connectivity index (χ4v) is 3.40. The summed E-state index contributed by atoms with van der Waals surface area (Å²) in [7, 11) is 0. The predicted molar refractivity (Wildman–Crippen MR) is 120 cm³/mol. The Balaban J connectivity index is 1.44. The number of pyridine rings is 2. The molecular weight excluding hydrogens is 400 g/mol. The van der Waals surface area contributed by atoms with E-state index in [0.29, 0.717) is 18.2 Å². The average molecular weight is 429 g/mol. The summed E-state index contributed by atoms with van der Waals surface area (Å²) in [5, 5.41) is 6.74. The van der Waals surface area contributed by atoms with E-state index in [0.717, 1.165) is 31.0 Å². The number of carbonyl (C=O) groups excluding carboxylic acids is 1. The van der Waals surface area contributed by atoms with Crippen LogP contribution < -0.4 is 15.4 Å². The van der Waals surface area contributed by atoms with Crippen molar-refractivity contribution >= 4 is 29.1 Å². The van der Waals surface area contributed by atoms with Gasteiger partial charge in [0, 0.05) is 50.5 Å². The number of amides is 1. The second-order valence-electron chi connectivity index (χ2n) is 8.17. The molecule has 1 fully saturated rings. The average Bonchev–Trinajstić information content (AvgIpc) is 2.69. The fourth-order valence-electron chi connectivity index (χ4n) is 2.98. The normalized spacial score (nSPS) is 14.8. The summed E-state index contributed by atoms with van der Waals surface area (Å²) in [6.07, 6.45) is 3.00. The molecule has 1 saturated heterocycles. The highest BCUT2D eigenvalue weighted by molar-refractivity contribution is 7.80. The number of hydrogen-bond donors (Lipinski definition) is 2. The summed E-state index contributed by atoms with van der Waals surface area (Å²) in [5.74, 6) is 0.260. The first-order valence-corrected chi connectivity index (χ1v) is 10.3. The van der Waals surface area contributed by atoms with Crippen LogP contribution in [0.4, 0.5) is 10.5 Å². The summed E-state index contributed by atoms with van der Waals surface area (Å²) >= 11 is 5.27. The molecule has 1 aliphatic rings. The van der Waals surface area contributed by atoms with Gasteiger partial charge in [0.25, 0.3) is 0 Å². The molecule has 0 bridgehead atoms. The van der Waals surface area contributed by atoms with Crippen molar-refractivity contribution in [2.75, 3.05) is 31.5 Å². The van der Waals surface area contributed by atoms with E-state index in [1.54, 1.807) is 29.4 Å². The van der Waals surface area contributed by atoms with Crippen LogP contribution in [0.1, 0.15) is 26.5 Å². The van der Waals surface area contributed by atoms with Crippen LogP contribution in [0.3, 0.4) is 0 Å². The lowest BCUT2D eigenvalue weighted by atomic mass is 10.1.